The van der Waals surface area contributed by atoms with Gasteiger partial charge < -0.3 is 0 Å². The monoisotopic (exact) mass is 315 g/mol. The number of nitrogens with zero attached hydrogens (tertiary/aromatic N) is 2. The van der Waals surface area contributed by atoms with Gasteiger partial charge in [0.05, 0.1) is 7.05 Å². The Kier molecular flexibility index (Phi) is 3.24. The highest BCUT2D eigenvalue weighted by atomic mass is 15.1. The minimum atomic E-state index is 1.22. The van der Waals surface area contributed by atoms with Crippen LogP contribution in [0.5, 0.6) is 0 Å². The zero-order valence-corrected chi connectivity index (χ0v) is 15.0. The number of fused-ring (bicyclic) bond motifs is 3. The smallest absolute Gasteiger partial charge is 0.234 e. The average Bonchev–Trinajstić information content (AvgIpc) is 2.89. The highest BCUT2D eigenvalue weighted by molar-refractivity contribution is 6.10. The van der Waals surface area contributed by atoms with Crippen LogP contribution in [0.15, 0.2) is 48.5 Å². The number of benzene rings is 2. The van der Waals surface area contributed by atoms with E-state index in [9.17, 15) is 0 Å². The molecule has 2 aromatic carbocycles. The molecule has 2 heteroatoms. The number of aryl methyl sites for hydroxylation is 4. The molecule has 2 nitrogen and oxygen atoms in total. The van der Waals surface area contributed by atoms with Crippen LogP contribution in [0.2, 0.25) is 0 Å². The SMILES string of the molecule is Cc1cc(C)[n+](C)c(-n2c3ccccc3c3ccc(C)c(C)c32)c1. The van der Waals surface area contributed by atoms with E-state index >= 15 is 0 Å². The lowest BCUT2D eigenvalue weighted by Gasteiger charge is -2.09. The number of pyridine rings is 1. The van der Waals surface area contributed by atoms with E-state index < -0.39 is 0 Å². The van der Waals surface area contributed by atoms with Crippen LogP contribution in [-0.2, 0) is 7.05 Å². The molecule has 0 N–H and O–H groups in total. The number of rotatable bonds is 1. The van der Waals surface area contributed by atoms with Crippen molar-refractivity contribution in [2.45, 2.75) is 27.7 Å². The Bertz CT molecular complexity index is 1100. The second-order valence-electron chi connectivity index (χ2n) is 6.85. The van der Waals surface area contributed by atoms with Gasteiger partial charge in [0.1, 0.15) is 16.7 Å². The summed E-state index contributed by atoms with van der Waals surface area (Å²) in [6.07, 6.45) is 0. The van der Waals surface area contributed by atoms with Gasteiger partial charge in [0.2, 0.25) is 0 Å². The standard InChI is InChI=1S/C22H23N2/c1-14-12-16(3)23(5)21(13-14)24-20-9-7-6-8-18(20)19-11-10-15(2)17(4)22(19)24/h6-13H,1-5H3/q+1. The van der Waals surface area contributed by atoms with E-state index in [4.69, 9.17) is 0 Å². The van der Waals surface area contributed by atoms with Gasteiger partial charge in [0.15, 0.2) is 0 Å². The summed E-state index contributed by atoms with van der Waals surface area (Å²) in [4.78, 5) is 0. The average molecular weight is 315 g/mol. The van der Waals surface area contributed by atoms with Crippen molar-refractivity contribution in [2.75, 3.05) is 0 Å². The highest BCUT2D eigenvalue weighted by Crippen LogP contribution is 2.34. The van der Waals surface area contributed by atoms with Gasteiger partial charge in [-0.25, -0.2) is 4.57 Å². The summed E-state index contributed by atoms with van der Waals surface area (Å²) in [5, 5.41) is 2.64. The summed E-state index contributed by atoms with van der Waals surface area (Å²) in [6.45, 7) is 8.76. The molecule has 0 bridgehead atoms. The van der Waals surface area contributed by atoms with Gasteiger partial charge in [0.25, 0.3) is 5.82 Å². The summed E-state index contributed by atoms with van der Waals surface area (Å²) in [6, 6.07) is 17.7. The van der Waals surface area contributed by atoms with Crippen molar-refractivity contribution in [3.8, 4) is 5.82 Å². The van der Waals surface area contributed by atoms with Gasteiger partial charge in [-0.15, -0.1) is 0 Å². The molecule has 0 amide bonds. The molecule has 0 aliphatic rings. The second-order valence-corrected chi connectivity index (χ2v) is 6.85. The van der Waals surface area contributed by atoms with Crippen molar-refractivity contribution in [1.82, 2.24) is 4.57 Å². The van der Waals surface area contributed by atoms with Crippen LogP contribution in [0.4, 0.5) is 0 Å². The third kappa shape index (κ3) is 1.99. The summed E-state index contributed by atoms with van der Waals surface area (Å²) < 4.78 is 4.70. The van der Waals surface area contributed by atoms with Gasteiger partial charge in [-0.2, -0.15) is 4.57 Å². The van der Waals surface area contributed by atoms with Crippen LogP contribution >= 0.6 is 0 Å². The summed E-state index contributed by atoms with van der Waals surface area (Å²) in [5.74, 6) is 1.22. The first-order chi connectivity index (χ1) is 11.5. The molecule has 0 radical (unpaired) electrons. The number of aromatic nitrogens is 2. The molecule has 0 saturated carbocycles. The van der Waals surface area contributed by atoms with Crippen LogP contribution in [0.3, 0.4) is 0 Å². The molecule has 4 rings (SSSR count). The molecule has 2 heterocycles. The topological polar surface area (TPSA) is 8.81 Å². The highest BCUT2D eigenvalue weighted by Gasteiger charge is 2.23. The molecule has 4 aromatic rings. The Morgan fingerprint density at radius 2 is 1.58 bits per heavy atom. The van der Waals surface area contributed by atoms with Crippen LogP contribution < -0.4 is 4.57 Å². The van der Waals surface area contributed by atoms with Crippen LogP contribution in [-0.4, -0.2) is 4.57 Å². The predicted molar refractivity (Wildman–Crippen MR) is 101 cm³/mol. The van der Waals surface area contributed by atoms with E-state index in [-0.39, 0.29) is 0 Å². The third-order valence-corrected chi connectivity index (χ3v) is 5.26. The summed E-state index contributed by atoms with van der Waals surface area (Å²) in [5.41, 5.74) is 7.82. The van der Waals surface area contributed by atoms with Gasteiger partial charge in [0, 0.05) is 16.8 Å². The Hall–Kier alpha value is -2.61. The van der Waals surface area contributed by atoms with Crippen LogP contribution in [0.1, 0.15) is 22.4 Å². The second kappa shape index (κ2) is 5.20. The van der Waals surface area contributed by atoms with E-state index in [2.05, 4.69) is 92.4 Å². The fourth-order valence-corrected chi connectivity index (χ4v) is 3.72. The van der Waals surface area contributed by atoms with E-state index in [0.29, 0.717) is 0 Å². The maximum Gasteiger partial charge on any atom is 0.287 e. The molecule has 0 spiro atoms. The van der Waals surface area contributed by atoms with Crippen molar-refractivity contribution in [3.05, 3.63) is 70.9 Å². The molecular formula is C22H23N2+. The quantitative estimate of drug-likeness (QED) is 0.444. The van der Waals surface area contributed by atoms with Gasteiger partial charge >= 0.3 is 0 Å². The predicted octanol–water partition coefficient (Wildman–Crippen LogP) is 4.84. The largest absolute Gasteiger partial charge is 0.287 e. The minimum absolute atomic E-state index is 1.22. The number of hydrogen-bond acceptors (Lipinski definition) is 0. The van der Waals surface area contributed by atoms with E-state index in [0.717, 1.165) is 0 Å². The van der Waals surface area contributed by atoms with Gasteiger partial charge in [-0.05, 0) is 68.7 Å². The number of hydrogen-bond donors (Lipinski definition) is 0. The molecule has 120 valence electrons. The lowest BCUT2D eigenvalue weighted by Crippen LogP contribution is -2.37. The lowest BCUT2D eigenvalue weighted by atomic mass is 10.1. The van der Waals surface area contributed by atoms with Crippen molar-refractivity contribution >= 4 is 21.8 Å². The molecule has 0 fully saturated rings. The van der Waals surface area contributed by atoms with Crippen molar-refractivity contribution in [3.63, 3.8) is 0 Å². The number of para-hydroxylation sites is 1. The van der Waals surface area contributed by atoms with E-state index in [1.807, 2.05) is 0 Å². The molecule has 2 aromatic heterocycles. The van der Waals surface area contributed by atoms with Gasteiger partial charge in [-0.1, -0.05) is 18.2 Å². The van der Waals surface area contributed by atoms with E-state index in [1.54, 1.807) is 0 Å². The first-order valence-electron chi connectivity index (χ1n) is 8.46. The lowest BCUT2D eigenvalue weighted by molar-refractivity contribution is -0.671. The first kappa shape index (κ1) is 14.9. The molecule has 0 aliphatic carbocycles. The summed E-state index contributed by atoms with van der Waals surface area (Å²) in [7, 11) is 2.15. The zero-order valence-electron chi connectivity index (χ0n) is 15.0. The maximum absolute atomic E-state index is 2.42. The first-order valence-corrected chi connectivity index (χ1v) is 8.46. The molecule has 24 heavy (non-hydrogen) atoms. The van der Waals surface area contributed by atoms with Crippen molar-refractivity contribution in [2.24, 2.45) is 7.05 Å². The fraction of sp³-hybridized carbons (Fsp3) is 0.227. The van der Waals surface area contributed by atoms with Crippen molar-refractivity contribution < 1.29 is 4.57 Å². The third-order valence-electron chi connectivity index (χ3n) is 5.26. The molecule has 0 atom stereocenters. The Morgan fingerprint density at radius 1 is 0.833 bits per heavy atom. The molecular weight excluding hydrogens is 292 g/mol. The minimum Gasteiger partial charge on any atom is -0.234 e. The Labute approximate surface area is 143 Å². The van der Waals surface area contributed by atoms with Crippen LogP contribution in [0, 0.1) is 27.7 Å². The molecule has 0 saturated heterocycles. The van der Waals surface area contributed by atoms with Crippen molar-refractivity contribution in [1.29, 1.82) is 0 Å². The fourth-order valence-electron chi connectivity index (χ4n) is 3.72. The van der Waals surface area contributed by atoms with Crippen LogP contribution in [0.25, 0.3) is 27.6 Å². The summed E-state index contributed by atoms with van der Waals surface area (Å²) >= 11 is 0. The normalized spacial score (nSPS) is 11.5. The maximum atomic E-state index is 2.42. The molecule has 0 aliphatic heterocycles. The zero-order chi connectivity index (χ0) is 17.0. The van der Waals surface area contributed by atoms with E-state index in [1.165, 1.54) is 50.0 Å². The molecule has 0 unspecified atom stereocenters. The Balaban J connectivity index is 2.28. The van der Waals surface area contributed by atoms with Gasteiger partial charge in [-0.3, -0.25) is 0 Å². The Morgan fingerprint density at radius 3 is 2.38 bits per heavy atom.